The maximum atomic E-state index is 2.49. The van der Waals surface area contributed by atoms with Crippen LogP contribution in [-0.2, 0) is 0 Å². The summed E-state index contributed by atoms with van der Waals surface area (Å²) in [7, 11) is 0. The predicted octanol–water partition coefficient (Wildman–Crippen LogP) is 4.30. The Hall–Kier alpha value is -1.30. The molecule has 0 heterocycles. The topological polar surface area (TPSA) is 0 Å². The molecule has 0 nitrogen and oxygen atoms in total. The molecular weight excluding hydrogens is 192 g/mol. The van der Waals surface area contributed by atoms with Crippen LogP contribution in [0.5, 0.6) is 0 Å². The van der Waals surface area contributed by atoms with E-state index in [9.17, 15) is 0 Å². The molecule has 2 aliphatic rings. The Bertz CT molecular complexity index is 425. The van der Waals surface area contributed by atoms with Crippen LogP contribution >= 0.6 is 0 Å². The summed E-state index contributed by atoms with van der Waals surface area (Å²) in [6, 6.07) is 10.7. The first kappa shape index (κ1) is 9.89. The molecule has 0 radical (unpaired) electrons. The van der Waals surface area contributed by atoms with Gasteiger partial charge in [-0.3, -0.25) is 0 Å². The van der Waals surface area contributed by atoms with Crippen molar-refractivity contribution in [2.75, 3.05) is 0 Å². The van der Waals surface area contributed by atoms with Crippen molar-refractivity contribution in [2.45, 2.75) is 19.8 Å². The molecule has 2 aliphatic carbocycles. The largest absolute Gasteiger partial charge is 0.0802 e. The zero-order valence-corrected chi connectivity index (χ0v) is 9.77. The molecule has 0 heteroatoms. The zero-order chi connectivity index (χ0) is 11.0. The van der Waals surface area contributed by atoms with Gasteiger partial charge in [0.15, 0.2) is 0 Å². The molecule has 3 unspecified atom stereocenters. The molecule has 0 aromatic heterocycles. The van der Waals surface area contributed by atoms with Gasteiger partial charge in [0.1, 0.15) is 0 Å². The molecule has 16 heavy (non-hydrogen) atoms. The van der Waals surface area contributed by atoms with Crippen molar-refractivity contribution in [3.05, 3.63) is 54.1 Å². The smallest absolute Gasteiger partial charge is 0.0159 e. The summed E-state index contributed by atoms with van der Waals surface area (Å²) in [5, 5.41) is 0. The summed E-state index contributed by atoms with van der Waals surface area (Å²) < 4.78 is 0. The van der Waals surface area contributed by atoms with E-state index in [1.54, 1.807) is 0 Å². The van der Waals surface area contributed by atoms with E-state index in [0.29, 0.717) is 0 Å². The molecule has 0 N–H and O–H groups in total. The zero-order valence-electron chi connectivity index (χ0n) is 9.77. The molecule has 0 amide bonds. The second-order valence-electron chi connectivity index (χ2n) is 5.25. The molecule has 0 bridgehead atoms. The molecule has 1 saturated carbocycles. The Balaban J connectivity index is 1.89. The third-order valence-electron chi connectivity index (χ3n) is 3.92. The average molecular weight is 210 g/mol. The van der Waals surface area contributed by atoms with Gasteiger partial charge in [-0.15, -0.1) is 0 Å². The lowest BCUT2D eigenvalue weighted by Crippen LogP contribution is -2.06. The molecule has 3 atom stereocenters. The van der Waals surface area contributed by atoms with Gasteiger partial charge in [0.25, 0.3) is 0 Å². The normalized spacial score (nSPS) is 32.3. The first-order valence-electron chi connectivity index (χ1n) is 6.28. The highest BCUT2D eigenvalue weighted by molar-refractivity contribution is 5.75. The second-order valence-corrected chi connectivity index (χ2v) is 5.25. The fraction of sp³-hybridized carbons (Fsp3) is 0.375. The number of hydrogen-bond donors (Lipinski definition) is 0. The van der Waals surface area contributed by atoms with Crippen LogP contribution in [0.1, 0.15) is 25.3 Å². The summed E-state index contributed by atoms with van der Waals surface area (Å²) in [5.41, 5.74) is 2.77. The maximum Gasteiger partial charge on any atom is -0.0159 e. The molecule has 82 valence electrons. The Labute approximate surface area is 97.7 Å². The fourth-order valence-electron chi connectivity index (χ4n) is 3.12. The van der Waals surface area contributed by atoms with Crippen LogP contribution in [0.15, 0.2) is 48.6 Å². The van der Waals surface area contributed by atoms with E-state index in [2.05, 4.69) is 55.5 Å². The van der Waals surface area contributed by atoms with Crippen molar-refractivity contribution in [1.29, 1.82) is 0 Å². The molecule has 1 fully saturated rings. The van der Waals surface area contributed by atoms with Crippen LogP contribution in [0, 0.1) is 17.8 Å². The molecule has 0 aliphatic heterocycles. The molecule has 1 aromatic rings. The lowest BCUT2D eigenvalue weighted by atomic mass is 9.86. The summed E-state index contributed by atoms with van der Waals surface area (Å²) in [6.45, 7) is 2.38. The number of allylic oxidation sites excluding steroid dienone is 4. The maximum absolute atomic E-state index is 2.49. The number of hydrogen-bond acceptors (Lipinski definition) is 0. The summed E-state index contributed by atoms with van der Waals surface area (Å²) in [4.78, 5) is 0. The molecule has 3 rings (SSSR count). The van der Waals surface area contributed by atoms with E-state index in [4.69, 9.17) is 0 Å². The highest BCUT2D eigenvalue weighted by Gasteiger charge is 2.30. The Morgan fingerprint density at radius 2 is 1.75 bits per heavy atom. The quantitative estimate of drug-likeness (QED) is 0.648. The van der Waals surface area contributed by atoms with Crippen LogP contribution in [0.25, 0.3) is 5.57 Å². The van der Waals surface area contributed by atoms with E-state index in [1.807, 2.05) is 0 Å². The highest BCUT2D eigenvalue weighted by atomic mass is 14.3. The number of benzene rings is 1. The minimum absolute atomic E-state index is 0.787. The lowest BCUT2D eigenvalue weighted by molar-refractivity contribution is 0.554. The average Bonchev–Trinajstić information content (AvgIpc) is 2.69. The minimum atomic E-state index is 0.787. The van der Waals surface area contributed by atoms with Crippen molar-refractivity contribution in [1.82, 2.24) is 0 Å². The monoisotopic (exact) mass is 210 g/mol. The van der Waals surface area contributed by atoms with Crippen LogP contribution in [0.2, 0.25) is 0 Å². The van der Waals surface area contributed by atoms with Gasteiger partial charge in [-0.25, -0.2) is 0 Å². The van der Waals surface area contributed by atoms with Crippen molar-refractivity contribution < 1.29 is 0 Å². The van der Waals surface area contributed by atoms with Gasteiger partial charge in [-0.05, 0) is 41.7 Å². The van der Waals surface area contributed by atoms with Crippen LogP contribution in [0.3, 0.4) is 0 Å². The molecule has 0 spiro atoms. The summed E-state index contributed by atoms with van der Waals surface area (Å²) in [6.07, 6.45) is 9.97. The minimum Gasteiger partial charge on any atom is -0.0802 e. The Morgan fingerprint density at radius 1 is 1.00 bits per heavy atom. The first-order valence-corrected chi connectivity index (χ1v) is 6.28. The number of fused-ring (bicyclic) bond motifs is 1. The molecule has 0 saturated heterocycles. The standard InChI is InChI=1S/C16H18/c1-12-9-14-7-8-15(11-16(14)10-12)13-5-3-2-4-6-13/h2-8,11-12,14,16H,9-10H2,1H3. The summed E-state index contributed by atoms with van der Waals surface area (Å²) >= 11 is 0. The first-order chi connectivity index (χ1) is 7.83. The van der Waals surface area contributed by atoms with Gasteiger partial charge < -0.3 is 0 Å². The van der Waals surface area contributed by atoms with Crippen molar-refractivity contribution in [3.63, 3.8) is 0 Å². The van der Waals surface area contributed by atoms with Crippen LogP contribution in [0.4, 0.5) is 0 Å². The van der Waals surface area contributed by atoms with Gasteiger partial charge >= 0.3 is 0 Å². The van der Waals surface area contributed by atoms with Crippen molar-refractivity contribution >= 4 is 5.57 Å². The lowest BCUT2D eigenvalue weighted by Gasteiger charge is -2.18. The van der Waals surface area contributed by atoms with Crippen molar-refractivity contribution in [3.8, 4) is 0 Å². The number of rotatable bonds is 1. The third-order valence-corrected chi connectivity index (χ3v) is 3.92. The van der Waals surface area contributed by atoms with E-state index >= 15 is 0 Å². The molecule has 1 aromatic carbocycles. The fourth-order valence-corrected chi connectivity index (χ4v) is 3.12. The summed E-state index contributed by atoms with van der Waals surface area (Å²) in [5.74, 6) is 2.49. The van der Waals surface area contributed by atoms with E-state index in [1.165, 1.54) is 24.0 Å². The Kier molecular flexibility index (Phi) is 2.43. The van der Waals surface area contributed by atoms with Gasteiger partial charge in [0, 0.05) is 0 Å². The molecular formula is C16H18. The third kappa shape index (κ3) is 1.73. The van der Waals surface area contributed by atoms with Crippen LogP contribution < -0.4 is 0 Å². The van der Waals surface area contributed by atoms with Crippen molar-refractivity contribution in [2.24, 2.45) is 17.8 Å². The SMILES string of the molecule is CC1CC2C=CC(c3ccccc3)=CC2C1. The van der Waals surface area contributed by atoms with Crippen LogP contribution in [-0.4, -0.2) is 0 Å². The van der Waals surface area contributed by atoms with E-state index in [0.717, 1.165) is 17.8 Å². The van der Waals surface area contributed by atoms with Gasteiger partial charge in [-0.1, -0.05) is 55.5 Å². The highest BCUT2D eigenvalue weighted by Crippen LogP contribution is 2.42. The van der Waals surface area contributed by atoms with E-state index < -0.39 is 0 Å². The second kappa shape index (κ2) is 3.93. The Morgan fingerprint density at radius 3 is 2.56 bits per heavy atom. The van der Waals surface area contributed by atoms with E-state index in [-0.39, 0.29) is 0 Å². The predicted molar refractivity (Wildman–Crippen MR) is 68.9 cm³/mol. The van der Waals surface area contributed by atoms with Gasteiger partial charge in [0.2, 0.25) is 0 Å². The van der Waals surface area contributed by atoms with Gasteiger partial charge in [-0.2, -0.15) is 0 Å². The van der Waals surface area contributed by atoms with Gasteiger partial charge in [0.05, 0.1) is 0 Å².